The van der Waals surface area contributed by atoms with Crippen molar-refractivity contribution in [1.82, 2.24) is 5.32 Å². The van der Waals surface area contributed by atoms with Crippen LogP contribution in [0.2, 0.25) is 0 Å². The Balaban J connectivity index is 1.88. The van der Waals surface area contributed by atoms with Crippen LogP contribution >= 0.6 is 0 Å². The Morgan fingerprint density at radius 3 is 2.91 bits per heavy atom. The maximum absolute atomic E-state index is 12.1. The molecule has 1 heterocycles. The van der Waals surface area contributed by atoms with Gasteiger partial charge < -0.3 is 15.0 Å². The smallest absolute Gasteiger partial charge is 0.330 e. The predicted octanol–water partition coefficient (Wildman–Crippen LogP) is 1.66. The Morgan fingerprint density at radius 1 is 1.39 bits per heavy atom. The molecule has 0 unspecified atom stereocenters. The van der Waals surface area contributed by atoms with E-state index in [0.717, 1.165) is 12.1 Å². The number of benzene rings is 1. The number of nitrogens with one attached hydrogen (secondary N) is 1. The Bertz CT molecular complexity index is 625. The lowest BCUT2D eigenvalue weighted by molar-refractivity contribution is -0.134. The molecule has 1 fully saturated rings. The van der Waals surface area contributed by atoms with Crippen molar-refractivity contribution < 1.29 is 19.1 Å². The van der Waals surface area contributed by atoms with Gasteiger partial charge in [-0.15, -0.1) is 0 Å². The number of rotatable bonds is 6. The van der Waals surface area contributed by atoms with Crippen molar-refractivity contribution in [1.29, 1.82) is 0 Å². The number of nitrogens with zero attached hydrogens (tertiary/aromatic N) is 1. The van der Waals surface area contributed by atoms with Gasteiger partial charge in [0, 0.05) is 36.8 Å². The second-order valence-electron chi connectivity index (χ2n) is 5.17. The van der Waals surface area contributed by atoms with Crippen molar-refractivity contribution in [3.05, 3.63) is 42.0 Å². The van der Waals surface area contributed by atoms with Crippen LogP contribution in [0.3, 0.4) is 0 Å². The fourth-order valence-electron chi connectivity index (χ4n) is 2.35. The molecule has 0 spiro atoms. The van der Waals surface area contributed by atoms with Crippen molar-refractivity contribution >= 4 is 23.5 Å². The maximum atomic E-state index is 12.1. The minimum absolute atomic E-state index is 0.0931. The Labute approximate surface area is 135 Å². The van der Waals surface area contributed by atoms with E-state index in [1.165, 1.54) is 13.2 Å². The first-order valence-electron chi connectivity index (χ1n) is 7.55. The van der Waals surface area contributed by atoms with E-state index in [-0.39, 0.29) is 11.8 Å². The van der Waals surface area contributed by atoms with Gasteiger partial charge in [0.25, 0.3) is 5.91 Å². The molecule has 1 N–H and O–H groups in total. The molecule has 0 aromatic heterocycles. The SMILES string of the molecule is COC(=O)/C=C/CCNC(=O)c1cccc(N2CCCC2=O)c1. The molecule has 1 saturated heterocycles. The van der Waals surface area contributed by atoms with Gasteiger partial charge in [-0.25, -0.2) is 4.79 Å². The quantitative estimate of drug-likeness (QED) is 0.492. The van der Waals surface area contributed by atoms with Crippen LogP contribution in [0.15, 0.2) is 36.4 Å². The Kier molecular flexibility index (Phi) is 5.91. The summed E-state index contributed by atoms with van der Waals surface area (Å²) in [6.45, 7) is 1.11. The zero-order chi connectivity index (χ0) is 16.7. The number of esters is 1. The summed E-state index contributed by atoms with van der Waals surface area (Å²) in [5, 5.41) is 2.77. The third-order valence-corrected chi connectivity index (χ3v) is 3.55. The van der Waals surface area contributed by atoms with E-state index in [2.05, 4.69) is 10.1 Å². The maximum Gasteiger partial charge on any atom is 0.330 e. The minimum Gasteiger partial charge on any atom is -0.466 e. The monoisotopic (exact) mass is 316 g/mol. The van der Waals surface area contributed by atoms with Gasteiger partial charge >= 0.3 is 5.97 Å². The second kappa shape index (κ2) is 8.12. The highest BCUT2D eigenvalue weighted by Crippen LogP contribution is 2.22. The first-order chi connectivity index (χ1) is 11.1. The molecule has 1 aliphatic heterocycles. The van der Waals surface area contributed by atoms with E-state index in [0.29, 0.717) is 31.5 Å². The third-order valence-electron chi connectivity index (χ3n) is 3.55. The lowest BCUT2D eigenvalue weighted by Gasteiger charge is -2.16. The standard InChI is InChI=1S/C17H20N2O4/c1-23-16(21)9-2-3-10-18-17(22)13-6-4-7-14(12-13)19-11-5-8-15(19)20/h2,4,6-7,9,12H,3,5,8,10-11H2,1H3,(H,18,22)/b9-2+. The predicted molar refractivity (Wildman–Crippen MR) is 86.1 cm³/mol. The van der Waals surface area contributed by atoms with Crippen molar-refractivity contribution in [2.24, 2.45) is 0 Å². The van der Waals surface area contributed by atoms with E-state index < -0.39 is 5.97 Å². The number of hydrogen-bond acceptors (Lipinski definition) is 4. The van der Waals surface area contributed by atoms with E-state index >= 15 is 0 Å². The van der Waals surface area contributed by atoms with Crippen molar-refractivity contribution in [2.75, 3.05) is 25.1 Å². The summed E-state index contributed by atoms with van der Waals surface area (Å²) < 4.78 is 4.47. The lowest BCUT2D eigenvalue weighted by atomic mass is 10.1. The average molecular weight is 316 g/mol. The van der Waals surface area contributed by atoms with Gasteiger partial charge in [0.2, 0.25) is 5.91 Å². The van der Waals surface area contributed by atoms with Crippen LogP contribution in [0.4, 0.5) is 5.69 Å². The Hall–Kier alpha value is -2.63. The first-order valence-corrected chi connectivity index (χ1v) is 7.55. The third kappa shape index (κ3) is 4.67. The van der Waals surface area contributed by atoms with Gasteiger partial charge in [-0.2, -0.15) is 0 Å². The molecule has 23 heavy (non-hydrogen) atoms. The highest BCUT2D eigenvalue weighted by atomic mass is 16.5. The zero-order valence-corrected chi connectivity index (χ0v) is 13.1. The number of carbonyl (C=O) groups is 3. The molecule has 0 saturated carbocycles. The molecule has 1 aromatic carbocycles. The van der Waals surface area contributed by atoms with Gasteiger partial charge in [0.15, 0.2) is 0 Å². The summed E-state index contributed by atoms with van der Waals surface area (Å²) in [6, 6.07) is 7.04. The summed E-state index contributed by atoms with van der Waals surface area (Å²) in [5.74, 6) is -0.528. The van der Waals surface area contributed by atoms with Gasteiger partial charge in [-0.05, 0) is 31.0 Å². The van der Waals surface area contributed by atoms with Crippen LogP contribution in [-0.4, -0.2) is 38.0 Å². The summed E-state index contributed by atoms with van der Waals surface area (Å²) >= 11 is 0. The molecule has 0 radical (unpaired) electrons. The minimum atomic E-state index is -0.417. The first kappa shape index (κ1) is 16.7. The van der Waals surface area contributed by atoms with Crippen LogP contribution in [0.25, 0.3) is 0 Å². The molecule has 2 amide bonds. The molecule has 122 valence electrons. The summed E-state index contributed by atoms with van der Waals surface area (Å²) in [6.07, 6.45) is 4.91. The van der Waals surface area contributed by atoms with Gasteiger partial charge in [-0.3, -0.25) is 9.59 Å². The van der Waals surface area contributed by atoms with Crippen LogP contribution in [0.5, 0.6) is 0 Å². The van der Waals surface area contributed by atoms with Crippen LogP contribution in [0.1, 0.15) is 29.6 Å². The molecule has 0 aliphatic carbocycles. The fraction of sp³-hybridized carbons (Fsp3) is 0.353. The van der Waals surface area contributed by atoms with E-state index in [9.17, 15) is 14.4 Å². The summed E-state index contributed by atoms with van der Waals surface area (Å²) in [5.41, 5.74) is 1.27. The number of anilines is 1. The second-order valence-corrected chi connectivity index (χ2v) is 5.17. The van der Waals surface area contributed by atoms with Crippen molar-refractivity contribution in [3.8, 4) is 0 Å². The molecule has 6 nitrogen and oxygen atoms in total. The lowest BCUT2D eigenvalue weighted by Crippen LogP contribution is -2.26. The zero-order valence-electron chi connectivity index (χ0n) is 13.1. The molecule has 6 heteroatoms. The summed E-state index contributed by atoms with van der Waals surface area (Å²) in [7, 11) is 1.31. The molecular formula is C17H20N2O4. The molecular weight excluding hydrogens is 296 g/mol. The largest absolute Gasteiger partial charge is 0.466 e. The van der Waals surface area contributed by atoms with Gasteiger partial charge in [0.1, 0.15) is 0 Å². The number of hydrogen-bond donors (Lipinski definition) is 1. The molecule has 2 rings (SSSR count). The van der Waals surface area contributed by atoms with Crippen LogP contribution in [0, 0.1) is 0 Å². The molecule has 0 bridgehead atoms. The van der Waals surface area contributed by atoms with Crippen molar-refractivity contribution in [2.45, 2.75) is 19.3 Å². The topological polar surface area (TPSA) is 75.7 Å². The summed E-state index contributed by atoms with van der Waals surface area (Å²) in [4.78, 5) is 36.5. The fourth-order valence-corrected chi connectivity index (χ4v) is 2.35. The molecule has 1 aliphatic rings. The number of amides is 2. The van der Waals surface area contributed by atoms with Crippen LogP contribution in [-0.2, 0) is 14.3 Å². The van der Waals surface area contributed by atoms with E-state index in [1.807, 2.05) is 6.07 Å². The highest BCUT2D eigenvalue weighted by molar-refractivity contribution is 5.99. The van der Waals surface area contributed by atoms with E-state index in [4.69, 9.17) is 0 Å². The van der Waals surface area contributed by atoms with Gasteiger partial charge in [0.05, 0.1) is 7.11 Å². The van der Waals surface area contributed by atoms with E-state index in [1.54, 1.807) is 29.2 Å². The normalized spacial score (nSPS) is 14.3. The Morgan fingerprint density at radius 2 is 2.22 bits per heavy atom. The molecule has 0 atom stereocenters. The highest BCUT2D eigenvalue weighted by Gasteiger charge is 2.22. The van der Waals surface area contributed by atoms with Crippen LogP contribution < -0.4 is 10.2 Å². The number of ether oxygens (including phenoxy) is 1. The number of carbonyl (C=O) groups excluding carboxylic acids is 3. The average Bonchev–Trinajstić information content (AvgIpc) is 3.00. The van der Waals surface area contributed by atoms with Gasteiger partial charge in [-0.1, -0.05) is 12.1 Å². The number of methoxy groups -OCH3 is 1. The molecule has 1 aromatic rings. The van der Waals surface area contributed by atoms with Crippen molar-refractivity contribution in [3.63, 3.8) is 0 Å².